The van der Waals surface area contributed by atoms with E-state index in [1.165, 1.54) is 0 Å². The van der Waals surface area contributed by atoms with Crippen molar-refractivity contribution in [2.24, 2.45) is 0 Å². The van der Waals surface area contributed by atoms with Crippen LogP contribution in [-0.4, -0.2) is 48.7 Å². The van der Waals surface area contributed by atoms with E-state index in [0.717, 1.165) is 11.1 Å². The first-order valence-corrected chi connectivity index (χ1v) is 9.05. The normalized spacial score (nSPS) is 17.4. The molecular formula is C21H21N3O3. The zero-order valence-electron chi connectivity index (χ0n) is 15.2. The average molecular weight is 363 g/mol. The number of hydrogen-bond acceptors (Lipinski definition) is 5. The summed E-state index contributed by atoms with van der Waals surface area (Å²) in [5.41, 5.74) is 2.75. The molecule has 0 aliphatic carbocycles. The second-order valence-electron chi connectivity index (χ2n) is 6.78. The molecule has 1 fully saturated rings. The molecule has 4 rings (SSSR count). The molecule has 0 saturated carbocycles. The summed E-state index contributed by atoms with van der Waals surface area (Å²) in [6.07, 6.45) is 0. The van der Waals surface area contributed by atoms with Crippen molar-refractivity contribution < 1.29 is 14.3 Å². The van der Waals surface area contributed by atoms with Gasteiger partial charge in [-0.05, 0) is 36.2 Å². The maximum atomic E-state index is 12.8. The van der Waals surface area contributed by atoms with Gasteiger partial charge < -0.3 is 14.4 Å². The van der Waals surface area contributed by atoms with Gasteiger partial charge in [0.2, 0.25) is 6.79 Å². The lowest BCUT2D eigenvalue weighted by atomic mass is 10.0. The third-order valence-corrected chi connectivity index (χ3v) is 5.19. The molecule has 0 radical (unpaired) electrons. The van der Waals surface area contributed by atoms with Crippen LogP contribution in [0.3, 0.4) is 0 Å². The number of nitrogens with zero attached hydrogens (tertiary/aromatic N) is 3. The molecule has 0 N–H and O–H groups in total. The Labute approximate surface area is 158 Å². The van der Waals surface area contributed by atoms with Crippen molar-refractivity contribution in [1.82, 2.24) is 9.80 Å². The summed E-state index contributed by atoms with van der Waals surface area (Å²) in [7, 11) is 0. The number of hydrogen-bond donors (Lipinski definition) is 0. The van der Waals surface area contributed by atoms with Gasteiger partial charge in [0.1, 0.15) is 6.04 Å². The summed E-state index contributed by atoms with van der Waals surface area (Å²) >= 11 is 0. The Morgan fingerprint density at radius 3 is 2.56 bits per heavy atom. The van der Waals surface area contributed by atoms with Crippen LogP contribution < -0.4 is 9.47 Å². The van der Waals surface area contributed by atoms with Crippen molar-refractivity contribution in [3.63, 3.8) is 0 Å². The molecule has 1 unspecified atom stereocenters. The predicted octanol–water partition coefficient (Wildman–Crippen LogP) is 2.75. The lowest BCUT2D eigenvalue weighted by Crippen LogP contribution is -2.49. The Kier molecular flexibility index (Phi) is 4.69. The molecule has 0 spiro atoms. The lowest BCUT2D eigenvalue weighted by molar-refractivity contribution is 0.0605. The summed E-state index contributed by atoms with van der Waals surface area (Å²) in [5.74, 6) is 1.27. The first kappa shape index (κ1) is 17.4. The van der Waals surface area contributed by atoms with Crippen LogP contribution in [-0.2, 0) is 0 Å². The van der Waals surface area contributed by atoms with Gasteiger partial charge in [-0.1, -0.05) is 24.3 Å². The van der Waals surface area contributed by atoms with Gasteiger partial charge in [0, 0.05) is 31.7 Å². The Bertz CT molecular complexity index is 898. The number of carbonyl (C=O) groups excluding carboxylic acids is 1. The van der Waals surface area contributed by atoms with Gasteiger partial charge >= 0.3 is 0 Å². The largest absolute Gasteiger partial charge is 0.454 e. The van der Waals surface area contributed by atoms with E-state index in [9.17, 15) is 10.1 Å². The molecule has 1 saturated heterocycles. The van der Waals surface area contributed by atoms with Gasteiger partial charge in [-0.2, -0.15) is 5.26 Å². The van der Waals surface area contributed by atoms with E-state index in [-0.39, 0.29) is 18.7 Å². The summed E-state index contributed by atoms with van der Waals surface area (Å²) < 4.78 is 10.7. The minimum atomic E-state index is -0.283. The molecular weight excluding hydrogens is 342 g/mol. The maximum absolute atomic E-state index is 12.8. The van der Waals surface area contributed by atoms with E-state index in [1.807, 2.05) is 36.1 Å². The fraction of sp³-hybridized carbons (Fsp3) is 0.333. The van der Waals surface area contributed by atoms with E-state index in [0.29, 0.717) is 43.2 Å². The number of benzene rings is 2. The van der Waals surface area contributed by atoms with Crippen molar-refractivity contribution in [1.29, 1.82) is 5.26 Å². The molecule has 27 heavy (non-hydrogen) atoms. The van der Waals surface area contributed by atoms with Crippen molar-refractivity contribution in [3.05, 3.63) is 59.2 Å². The van der Waals surface area contributed by atoms with Gasteiger partial charge in [-0.25, -0.2) is 0 Å². The van der Waals surface area contributed by atoms with Crippen LogP contribution >= 0.6 is 0 Å². The monoisotopic (exact) mass is 363 g/mol. The van der Waals surface area contributed by atoms with Crippen molar-refractivity contribution in [3.8, 4) is 17.6 Å². The molecule has 2 aromatic rings. The summed E-state index contributed by atoms with van der Waals surface area (Å²) in [4.78, 5) is 16.8. The molecule has 2 aromatic carbocycles. The lowest BCUT2D eigenvalue weighted by Gasteiger charge is -2.37. The Balaban J connectivity index is 1.43. The van der Waals surface area contributed by atoms with Crippen LogP contribution in [0.4, 0.5) is 0 Å². The molecule has 6 heteroatoms. The highest BCUT2D eigenvalue weighted by Crippen LogP contribution is 2.33. The smallest absolute Gasteiger partial charge is 0.254 e. The number of rotatable bonds is 3. The summed E-state index contributed by atoms with van der Waals surface area (Å²) in [6.45, 7) is 4.75. The highest BCUT2D eigenvalue weighted by molar-refractivity contribution is 5.95. The van der Waals surface area contributed by atoms with Crippen LogP contribution in [0.15, 0.2) is 42.5 Å². The maximum Gasteiger partial charge on any atom is 0.254 e. The van der Waals surface area contributed by atoms with Gasteiger partial charge in [0.15, 0.2) is 11.5 Å². The van der Waals surface area contributed by atoms with E-state index >= 15 is 0 Å². The van der Waals surface area contributed by atoms with Crippen LogP contribution in [0.25, 0.3) is 0 Å². The van der Waals surface area contributed by atoms with Crippen molar-refractivity contribution in [2.75, 3.05) is 33.0 Å². The minimum absolute atomic E-state index is 0.0163. The summed E-state index contributed by atoms with van der Waals surface area (Å²) in [6, 6.07) is 15.4. The highest BCUT2D eigenvalue weighted by Gasteiger charge is 2.28. The molecule has 1 amide bonds. The number of fused-ring (bicyclic) bond motifs is 1. The van der Waals surface area contributed by atoms with E-state index in [2.05, 4.69) is 11.0 Å². The average Bonchev–Trinajstić information content (AvgIpc) is 3.18. The van der Waals surface area contributed by atoms with Crippen LogP contribution in [0.2, 0.25) is 0 Å². The molecule has 6 nitrogen and oxygen atoms in total. The predicted molar refractivity (Wildman–Crippen MR) is 99.6 cm³/mol. The summed E-state index contributed by atoms with van der Waals surface area (Å²) in [5, 5.41) is 9.70. The molecule has 2 aliphatic heterocycles. The molecule has 0 aromatic heterocycles. The first-order chi connectivity index (χ1) is 13.2. The van der Waals surface area contributed by atoms with Crippen LogP contribution in [0.1, 0.15) is 27.5 Å². The number of nitriles is 1. The second kappa shape index (κ2) is 7.29. The molecule has 0 bridgehead atoms. The number of aryl methyl sites for hydroxylation is 1. The molecule has 2 heterocycles. The quantitative estimate of drug-likeness (QED) is 0.839. The van der Waals surface area contributed by atoms with Crippen LogP contribution in [0, 0.1) is 18.3 Å². The third-order valence-electron chi connectivity index (χ3n) is 5.19. The first-order valence-electron chi connectivity index (χ1n) is 9.05. The Morgan fingerprint density at radius 2 is 1.81 bits per heavy atom. The molecule has 2 aliphatic rings. The number of ether oxygens (including phenoxy) is 2. The Hall–Kier alpha value is -3.04. The minimum Gasteiger partial charge on any atom is -0.454 e. The van der Waals surface area contributed by atoms with Crippen molar-refractivity contribution >= 4 is 5.91 Å². The van der Waals surface area contributed by atoms with E-state index in [4.69, 9.17) is 9.47 Å². The zero-order chi connectivity index (χ0) is 18.8. The van der Waals surface area contributed by atoms with Gasteiger partial charge in [-0.15, -0.1) is 0 Å². The van der Waals surface area contributed by atoms with Gasteiger partial charge in [0.05, 0.1) is 6.07 Å². The van der Waals surface area contributed by atoms with E-state index < -0.39 is 0 Å². The standard InChI is InChI=1S/C21H21N3O3/c1-15-4-2-3-5-17(15)18(13-22)23-8-10-24(11-9-23)21(25)16-6-7-19-20(12-16)27-14-26-19/h2-7,12,18H,8-11,14H2,1H3. The highest BCUT2D eigenvalue weighted by atomic mass is 16.7. The number of piperazine rings is 1. The van der Waals surface area contributed by atoms with Gasteiger partial charge in [0.25, 0.3) is 5.91 Å². The zero-order valence-corrected chi connectivity index (χ0v) is 15.2. The number of carbonyl (C=O) groups is 1. The molecule has 138 valence electrons. The second-order valence-corrected chi connectivity index (χ2v) is 6.78. The SMILES string of the molecule is Cc1ccccc1C(C#N)N1CCN(C(=O)c2ccc3c(c2)OCO3)CC1. The fourth-order valence-corrected chi connectivity index (χ4v) is 3.64. The number of amides is 1. The van der Waals surface area contributed by atoms with E-state index in [1.54, 1.807) is 18.2 Å². The van der Waals surface area contributed by atoms with Crippen LogP contribution in [0.5, 0.6) is 11.5 Å². The molecule has 1 atom stereocenters. The Morgan fingerprint density at radius 1 is 1.07 bits per heavy atom. The third kappa shape index (κ3) is 3.34. The fourth-order valence-electron chi connectivity index (χ4n) is 3.64. The topological polar surface area (TPSA) is 65.8 Å². The van der Waals surface area contributed by atoms with Crippen molar-refractivity contribution in [2.45, 2.75) is 13.0 Å². The van der Waals surface area contributed by atoms with Gasteiger partial charge in [-0.3, -0.25) is 9.69 Å².